The number of hydrogen-bond donors (Lipinski definition) is 2. The second-order valence-corrected chi connectivity index (χ2v) is 3.16. The van der Waals surface area contributed by atoms with Crippen LogP contribution in [0.2, 0.25) is 0 Å². The van der Waals surface area contributed by atoms with E-state index >= 15 is 0 Å². The van der Waals surface area contributed by atoms with Gasteiger partial charge in [0.05, 0.1) is 17.5 Å². The molecular weight excluding hydrogens is 208 g/mol. The maximum atomic E-state index is 8.65. The Hall–Kier alpha value is -2.44. The number of oxime groups is 1. The first-order valence-electron chi connectivity index (χ1n) is 4.54. The maximum Gasteiger partial charge on any atom is 0.186 e. The summed E-state index contributed by atoms with van der Waals surface area (Å²) in [6.07, 6.45) is 3.20. The van der Waals surface area contributed by atoms with Crippen LogP contribution >= 0.6 is 0 Å². The van der Waals surface area contributed by atoms with Crippen molar-refractivity contribution in [3.8, 4) is 5.82 Å². The molecule has 2 heterocycles. The highest BCUT2D eigenvalue weighted by Gasteiger charge is 2.11. The molecule has 0 aliphatic rings. The number of aryl methyl sites for hydroxylation is 1. The number of aromatic nitrogens is 4. The Morgan fingerprint density at radius 1 is 1.50 bits per heavy atom. The lowest BCUT2D eigenvalue weighted by Crippen LogP contribution is -2.18. The minimum absolute atomic E-state index is 0.0296. The largest absolute Gasteiger partial charge is 0.409 e. The third kappa shape index (κ3) is 1.70. The van der Waals surface area contributed by atoms with Gasteiger partial charge >= 0.3 is 0 Å². The highest BCUT2D eigenvalue weighted by molar-refractivity contribution is 5.99. The molecule has 0 saturated carbocycles. The van der Waals surface area contributed by atoms with Gasteiger partial charge in [0.15, 0.2) is 11.7 Å². The summed E-state index contributed by atoms with van der Waals surface area (Å²) in [6, 6.07) is 3.43. The second-order valence-electron chi connectivity index (χ2n) is 3.16. The van der Waals surface area contributed by atoms with Crippen LogP contribution in [-0.2, 0) is 0 Å². The highest BCUT2D eigenvalue weighted by atomic mass is 16.4. The van der Waals surface area contributed by atoms with Crippen molar-refractivity contribution in [1.82, 2.24) is 20.0 Å². The first-order valence-corrected chi connectivity index (χ1v) is 4.54. The second kappa shape index (κ2) is 3.97. The molecule has 0 fully saturated rings. The van der Waals surface area contributed by atoms with E-state index in [-0.39, 0.29) is 5.84 Å². The Morgan fingerprint density at radius 3 is 2.94 bits per heavy atom. The average Bonchev–Trinajstić information content (AvgIpc) is 2.75. The number of nitrogens with two attached hydrogens (primary N) is 1. The zero-order valence-electron chi connectivity index (χ0n) is 8.57. The molecule has 2 rings (SSSR count). The Bertz CT molecular complexity index is 532. The summed E-state index contributed by atoms with van der Waals surface area (Å²) >= 11 is 0. The summed E-state index contributed by atoms with van der Waals surface area (Å²) in [4.78, 5) is 0. The van der Waals surface area contributed by atoms with Gasteiger partial charge in [0.25, 0.3) is 0 Å². The van der Waals surface area contributed by atoms with Gasteiger partial charge in [-0.1, -0.05) is 5.16 Å². The van der Waals surface area contributed by atoms with E-state index in [9.17, 15) is 0 Å². The van der Waals surface area contributed by atoms with E-state index in [4.69, 9.17) is 10.9 Å². The lowest BCUT2D eigenvalue weighted by atomic mass is 10.2. The van der Waals surface area contributed by atoms with Crippen LogP contribution in [0.25, 0.3) is 5.82 Å². The van der Waals surface area contributed by atoms with Crippen LogP contribution in [0, 0.1) is 6.92 Å². The van der Waals surface area contributed by atoms with Crippen LogP contribution in [-0.4, -0.2) is 31.0 Å². The fraction of sp³-hybridized carbons (Fsp3) is 0.111. The molecular formula is C9H10N6O. The van der Waals surface area contributed by atoms with Gasteiger partial charge < -0.3 is 10.9 Å². The van der Waals surface area contributed by atoms with Crippen LogP contribution < -0.4 is 5.73 Å². The fourth-order valence-electron chi connectivity index (χ4n) is 1.28. The summed E-state index contributed by atoms with van der Waals surface area (Å²) in [6.45, 7) is 1.86. The van der Waals surface area contributed by atoms with Crippen molar-refractivity contribution in [2.45, 2.75) is 6.92 Å². The van der Waals surface area contributed by atoms with Crippen LogP contribution in [0.3, 0.4) is 0 Å². The molecule has 2 aromatic heterocycles. The SMILES string of the molecule is Cc1ccn(-c2nnccc2/C(N)=N/O)n1. The molecule has 16 heavy (non-hydrogen) atoms. The lowest BCUT2D eigenvalue weighted by molar-refractivity contribution is 0.318. The molecule has 0 unspecified atom stereocenters. The first kappa shape index (κ1) is 10.1. The molecule has 0 amide bonds. The van der Waals surface area contributed by atoms with Crippen molar-refractivity contribution in [3.63, 3.8) is 0 Å². The highest BCUT2D eigenvalue weighted by Crippen LogP contribution is 2.09. The molecule has 7 nitrogen and oxygen atoms in total. The average molecular weight is 218 g/mol. The van der Waals surface area contributed by atoms with Crippen molar-refractivity contribution in [1.29, 1.82) is 0 Å². The van der Waals surface area contributed by atoms with Crippen LogP contribution in [0.5, 0.6) is 0 Å². The zero-order valence-corrected chi connectivity index (χ0v) is 8.57. The molecule has 0 atom stereocenters. The molecule has 0 spiro atoms. The Morgan fingerprint density at radius 2 is 2.31 bits per heavy atom. The van der Waals surface area contributed by atoms with Gasteiger partial charge in [0, 0.05) is 6.20 Å². The van der Waals surface area contributed by atoms with E-state index < -0.39 is 0 Å². The molecule has 3 N–H and O–H groups in total. The number of rotatable bonds is 2. The fourth-order valence-corrected chi connectivity index (χ4v) is 1.28. The van der Waals surface area contributed by atoms with Crippen LogP contribution in [0.4, 0.5) is 0 Å². The summed E-state index contributed by atoms with van der Waals surface area (Å²) in [7, 11) is 0. The lowest BCUT2D eigenvalue weighted by Gasteiger charge is -2.04. The number of amidine groups is 1. The minimum Gasteiger partial charge on any atom is -0.409 e. The van der Waals surface area contributed by atoms with Gasteiger partial charge in [-0.2, -0.15) is 10.2 Å². The monoisotopic (exact) mass is 218 g/mol. The molecule has 0 aromatic carbocycles. The molecule has 0 aliphatic heterocycles. The Balaban J connectivity index is 2.57. The van der Waals surface area contributed by atoms with E-state index in [1.54, 1.807) is 12.3 Å². The van der Waals surface area contributed by atoms with E-state index in [2.05, 4.69) is 20.5 Å². The topological polar surface area (TPSA) is 102 Å². The predicted molar refractivity (Wildman–Crippen MR) is 56.4 cm³/mol. The van der Waals surface area contributed by atoms with Crippen molar-refractivity contribution in [2.24, 2.45) is 10.9 Å². The van der Waals surface area contributed by atoms with Gasteiger partial charge in [0.1, 0.15) is 0 Å². The molecule has 0 saturated heterocycles. The third-order valence-corrected chi connectivity index (χ3v) is 2.02. The van der Waals surface area contributed by atoms with Gasteiger partial charge in [-0.25, -0.2) is 4.68 Å². The summed E-state index contributed by atoms with van der Waals surface area (Å²) in [5.74, 6) is 0.393. The van der Waals surface area contributed by atoms with Gasteiger partial charge in [0.2, 0.25) is 0 Å². The van der Waals surface area contributed by atoms with E-state index in [1.165, 1.54) is 10.9 Å². The number of hydrogen-bond acceptors (Lipinski definition) is 5. The van der Waals surface area contributed by atoms with Crippen molar-refractivity contribution < 1.29 is 5.21 Å². The van der Waals surface area contributed by atoms with Gasteiger partial charge in [-0.05, 0) is 19.1 Å². The molecule has 7 heteroatoms. The Kier molecular flexibility index (Phi) is 2.50. The molecule has 0 bridgehead atoms. The van der Waals surface area contributed by atoms with E-state index in [0.29, 0.717) is 11.4 Å². The van der Waals surface area contributed by atoms with Crippen LogP contribution in [0.15, 0.2) is 29.7 Å². The Labute approximate surface area is 91.2 Å². The van der Waals surface area contributed by atoms with E-state index in [0.717, 1.165) is 5.69 Å². The zero-order chi connectivity index (χ0) is 11.5. The first-order chi connectivity index (χ1) is 7.72. The normalized spacial score (nSPS) is 11.7. The van der Waals surface area contributed by atoms with Gasteiger partial charge in [-0.15, -0.1) is 5.10 Å². The summed E-state index contributed by atoms with van der Waals surface area (Å²) in [5, 5.41) is 23.4. The maximum absolute atomic E-state index is 8.65. The van der Waals surface area contributed by atoms with Crippen molar-refractivity contribution in [2.75, 3.05) is 0 Å². The molecule has 0 aliphatic carbocycles. The summed E-state index contributed by atoms with van der Waals surface area (Å²) < 4.78 is 1.52. The van der Waals surface area contributed by atoms with Crippen LogP contribution in [0.1, 0.15) is 11.3 Å². The molecule has 82 valence electrons. The number of nitrogens with zero attached hydrogens (tertiary/aromatic N) is 5. The minimum atomic E-state index is -0.0296. The molecule has 2 aromatic rings. The van der Waals surface area contributed by atoms with Gasteiger partial charge in [-0.3, -0.25) is 0 Å². The van der Waals surface area contributed by atoms with Crippen molar-refractivity contribution >= 4 is 5.84 Å². The van der Waals surface area contributed by atoms with Crippen molar-refractivity contribution in [3.05, 3.63) is 35.8 Å². The molecule has 0 radical (unpaired) electrons. The smallest absolute Gasteiger partial charge is 0.186 e. The summed E-state index contributed by atoms with van der Waals surface area (Å²) in [5.41, 5.74) is 6.85. The predicted octanol–water partition coefficient (Wildman–Crippen LogP) is 0.0652. The quantitative estimate of drug-likeness (QED) is 0.321. The standard InChI is InChI=1S/C9H10N6O/c1-6-3-5-15(13-6)9-7(8(10)14-16)2-4-11-12-9/h2-5,16H,1H3,(H2,10,14). The third-order valence-electron chi connectivity index (χ3n) is 2.02. The van der Waals surface area contributed by atoms with E-state index in [1.807, 2.05) is 13.0 Å².